The molecule has 0 aliphatic rings. The third kappa shape index (κ3) is 4.81. The maximum absolute atomic E-state index is 10.6. The lowest BCUT2D eigenvalue weighted by Crippen LogP contribution is -2.31. The molecule has 1 heterocycles. The molecule has 8 heteroatoms. The van der Waals surface area contributed by atoms with Crippen LogP contribution in [-0.2, 0) is 22.7 Å². The number of rotatable bonds is 8. The summed E-state index contributed by atoms with van der Waals surface area (Å²) in [6, 6.07) is 0. The average molecular weight is 289 g/mol. The molecule has 7 nitrogen and oxygen atoms in total. The summed E-state index contributed by atoms with van der Waals surface area (Å²) in [7, 11) is 0. The lowest BCUT2D eigenvalue weighted by molar-refractivity contribution is -0.133. The molecule has 0 aliphatic heterocycles. The van der Waals surface area contributed by atoms with Crippen molar-refractivity contribution in [3.05, 3.63) is 5.82 Å². The van der Waals surface area contributed by atoms with Crippen molar-refractivity contribution >= 4 is 17.7 Å². The molecule has 108 valence electrons. The third-order valence-corrected chi connectivity index (χ3v) is 3.29. The van der Waals surface area contributed by atoms with Gasteiger partial charge in [0.25, 0.3) is 0 Å². The molecule has 0 spiro atoms. The van der Waals surface area contributed by atoms with Crippen molar-refractivity contribution in [1.82, 2.24) is 14.8 Å². The second kappa shape index (κ2) is 6.88. The van der Waals surface area contributed by atoms with E-state index in [9.17, 15) is 9.90 Å². The van der Waals surface area contributed by atoms with Gasteiger partial charge in [-0.1, -0.05) is 11.8 Å². The summed E-state index contributed by atoms with van der Waals surface area (Å²) in [5.41, 5.74) is -0.445. The van der Waals surface area contributed by atoms with E-state index in [4.69, 9.17) is 9.84 Å². The molecule has 0 unspecified atom stereocenters. The van der Waals surface area contributed by atoms with E-state index in [1.807, 2.05) is 20.8 Å². The monoisotopic (exact) mass is 289 g/mol. The summed E-state index contributed by atoms with van der Waals surface area (Å²) in [6.45, 7) is 6.52. The number of hydrogen-bond acceptors (Lipinski definition) is 6. The van der Waals surface area contributed by atoms with Crippen molar-refractivity contribution < 1.29 is 19.7 Å². The van der Waals surface area contributed by atoms with E-state index in [1.54, 1.807) is 4.57 Å². The van der Waals surface area contributed by atoms with Crippen LogP contribution >= 0.6 is 11.8 Å². The molecule has 2 N–H and O–H groups in total. The molecular formula is C11H19N3O4S. The Hall–Kier alpha value is -1.12. The van der Waals surface area contributed by atoms with Crippen LogP contribution in [0.1, 0.15) is 26.6 Å². The minimum absolute atomic E-state index is 0.0986. The molecule has 0 fully saturated rings. The molecule has 1 rings (SSSR count). The lowest BCUT2D eigenvalue weighted by Gasteiger charge is -2.26. The molecule has 0 amide bonds. The van der Waals surface area contributed by atoms with E-state index >= 15 is 0 Å². The summed E-state index contributed by atoms with van der Waals surface area (Å²) in [5, 5.41) is 26.2. The van der Waals surface area contributed by atoms with E-state index < -0.39 is 11.6 Å². The quantitative estimate of drug-likeness (QED) is 0.682. The molecule has 0 aliphatic carbocycles. The highest BCUT2D eigenvalue weighted by Gasteiger charge is 2.23. The molecule has 1 aromatic heterocycles. The number of aliphatic carboxylic acids is 1. The van der Waals surface area contributed by atoms with Crippen molar-refractivity contribution in [3.63, 3.8) is 0 Å². The van der Waals surface area contributed by atoms with Gasteiger partial charge in [-0.15, -0.1) is 10.2 Å². The first-order chi connectivity index (χ1) is 8.89. The van der Waals surface area contributed by atoms with Crippen LogP contribution in [0, 0.1) is 0 Å². The number of carbonyl (C=O) groups is 1. The molecular weight excluding hydrogens is 270 g/mol. The second-order valence-corrected chi connectivity index (χ2v) is 5.46. The molecule has 0 atom stereocenters. The Morgan fingerprint density at radius 2 is 2.16 bits per heavy atom. The Labute approximate surface area is 116 Å². The number of aliphatic hydroxyl groups excluding tert-OH is 1. The van der Waals surface area contributed by atoms with Crippen LogP contribution < -0.4 is 0 Å². The fourth-order valence-corrected chi connectivity index (χ4v) is 2.32. The van der Waals surface area contributed by atoms with E-state index in [2.05, 4.69) is 10.2 Å². The van der Waals surface area contributed by atoms with E-state index in [0.717, 1.165) is 11.8 Å². The number of thioether (sulfide) groups is 1. The third-order valence-electron chi connectivity index (χ3n) is 2.33. The average Bonchev–Trinajstić information content (AvgIpc) is 2.67. The van der Waals surface area contributed by atoms with Crippen LogP contribution in [0.5, 0.6) is 0 Å². The van der Waals surface area contributed by atoms with Gasteiger partial charge in [0.2, 0.25) is 0 Å². The van der Waals surface area contributed by atoms with Crippen molar-refractivity contribution in [1.29, 1.82) is 0 Å². The van der Waals surface area contributed by atoms with E-state index in [-0.39, 0.29) is 12.4 Å². The van der Waals surface area contributed by atoms with Crippen molar-refractivity contribution in [2.45, 2.75) is 44.7 Å². The second-order valence-electron chi connectivity index (χ2n) is 4.52. The van der Waals surface area contributed by atoms with Gasteiger partial charge in [0.05, 0.1) is 17.9 Å². The molecule has 0 radical (unpaired) electrons. The molecule has 19 heavy (non-hydrogen) atoms. The zero-order chi connectivity index (χ0) is 14.5. The Kier molecular flexibility index (Phi) is 5.77. The van der Waals surface area contributed by atoms with Crippen LogP contribution in [0.2, 0.25) is 0 Å². The predicted molar refractivity (Wildman–Crippen MR) is 70.0 cm³/mol. The molecule has 0 saturated heterocycles. The Morgan fingerprint density at radius 3 is 2.68 bits per heavy atom. The van der Waals surface area contributed by atoms with E-state index in [1.165, 1.54) is 0 Å². The highest BCUT2D eigenvalue weighted by Crippen LogP contribution is 2.21. The number of carboxylic acid groups (broad SMARTS) is 1. The Bertz CT molecular complexity index is 434. The summed E-state index contributed by atoms with van der Waals surface area (Å²) in [5.74, 6) is -0.617. The number of aromatic nitrogens is 3. The first kappa shape index (κ1) is 15.9. The molecule has 0 aromatic carbocycles. The number of ether oxygens (including phenoxy) is 1. The van der Waals surface area contributed by atoms with Gasteiger partial charge in [0.1, 0.15) is 6.61 Å². The fraction of sp³-hybridized carbons (Fsp3) is 0.727. The van der Waals surface area contributed by atoms with Crippen LogP contribution in [0.3, 0.4) is 0 Å². The summed E-state index contributed by atoms with van der Waals surface area (Å²) in [4.78, 5) is 10.6. The minimum Gasteiger partial charge on any atom is -0.481 e. The van der Waals surface area contributed by atoms with Crippen molar-refractivity contribution in [2.24, 2.45) is 0 Å². The number of hydrogen-bond donors (Lipinski definition) is 2. The maximum Gasteiger partial charge on any atom is 0.313 e. The largest absolute Gasteiger partial charge is 0.481 e. The standard InChI is InChI=1S/C11H19N3O4S/c1-4-18-11(2,3)7-14-8(5-15)12-13-10(14)19-6-9(16)17/h15H,4-7H2,1-3H3,(H,16,17). The number of aliphatic hydroxyl groups is 1. The van der Waals surface area contributed by atoms with Gasteiger partial charge in [-0.25, -0.2) is 0 Å². The number of nitrogens with zero attached hydrogens (tertiary/aromatic N) is 3. The molecule has 0 bridgehead atoms. The van der Waals surface area contributed by atoms with Crippen LogP contribution in [0.4, 0.5) is 0 Å². The van der Waals surface area contributed by atoms with Crippen LogP contribution in [0.15, 0.2) is 5.16 Å². The van der Waals surface area contributed by atoms with Gasteiger partial charge in [-0.05, 0) is 20.8 Å². The zero-order valence-corrected chi connectivity index (χ0v) is 12.1. The highest BCUT2D eigenvalue weighted by atomic mass is 32.2. The summed E-state index contributed by atoms with van der Waals surface area (Å²) < 4.78 is 7.30. The van der Waals surface area contributed by atoms with Gasteiger partial charge in [0, 0.05) is 6.61 Å². The van der Waals surface area contributed by atoms with Gasteiger partial charge >= 0.3 is 5.97 Å². The van der Waals surface area contributed by atoms with Crippen molar-refractivity contribution in [2.75, 3.05) is 12.4 Å². The van der Waals surface area contributed by atoms with Gasteiger partial charge in [-0.2, -0.15) is 0 Å². The first-order valence-corrected chi connectivity index (χ1v) is 6.89. The fourth-order valence-electron chi connectivity index (χ4n) is 1.64. The Balaban J connectivity index is 2.89. The Morgan fingerprint density at radius 1 is 1.47 bits per heavy atom. The van der Waals surface area contributed by atoms with Crippen LogP contribution in [0.25, 0.3) is 0 Å². The number of carboxylic acids is 1. The normalized spacial score (nSPS) is 11.8. The minimum atomic E-state index is -0.922. The maximum atomic E-state index is 10.6. The highest BCUT2D eigenvalue weighted by molar-refractivity contribution is 7.99. The predicted octanol–water partition coefficient (Wildman–Crippen LogP) is 0.762. The summed E-state index contributed by atoms with van der Waals surface area (Å²) in [6.07, 6.45) is 0. The zero-order valence-electron chi connectivity index (χ0n) is 11.3. The molecule has 0 saturated carbocycles. The lowest BCUT2D eigenvalue weighted by atomic mass is 10.1. The molecule has 1 aromatic rings. The van der Waals surface area contributed by atoms with Crippen molar-refractivity contribution in [3.8, 4) is 0 Å². The summed E-state index contributed by atoms with van der Waals surface area (Å²) >= 11 is 1.07. The van der Waals surface area contributed by atoms with Gasteiger partial charge in [-0.3, -0.25) is 4.79 Å². The van der Waals surface area contributed by atoms with E-state index in [0.29, 0.717) is 24.1 Å². The SMILES string of the molecule is CCOC(C)(C)Cn1c(CO)nnc1SCC(=O)O. The first-order valence-electron chi connectivity index (χ1n) is 5.91. The van der Waals surface area contributed by atoms with Crippen LogP contribution in [-0.4, -0.2) is 48.9 Å². The smallest absolute Gasteiger partial charge is 0.313 e. The van der Waals surface area contributed by atoms with Gasteiger partial charge < -0.3 is 19.5 Å². The van der Waals surface area contributed by atoms with Gasteiger partial charge in [0.15, 0.2) is 11.0 Å². The topological polar surface area (TPSA) is 97.5 Å².